The van der Waals surface area contributed by atoms with Gasteiger partial charge in [-0.15, -0.1) is 0 Å². The lowest BCUT2D eigenvalue weighted by molar-refractivity contribution is 0.0626. The molecule has 0 bridgehead atoms. The minimum atomic E-state index is -1.13. The molecule has 172 valence electrons. The monoisotopic (exact) mass is 434 g/mol. The van der Waals surface area contributed by atoms with Gasteiger partial charge in [-0.25, -0.2) is 13.2 Å². The number of allylic oxidation sites excluding steroid dienone is 11. The minimum Gasteiger partial charge on any atom is -0.378 e. The quantitative estimate of drug-likeness (QED) is 0.278. The normalized spacial score (nSPS) is 13.2. The number of hydrogen-bond donors (Lipinski definition) is 0. The molecule has 0 saturated carbocycles. The first kappa shape index (κ1) is 30.6. The molecule has 1 nitrogen and oxygen atoms in total. The van der Waals surface area contributed by atoms with Crippen LogP contribution in [0.1, 0.15) is 41.5 Å². The molecule has 31 heavy (non-hydrogen) atoms. The van der Waals surface area contributed by atoms with Crippen molar-refractivity contribution in [2.75, 3.05) is 6.61 Å². The van der Waals surface area contributed by atoms with Crippen LogP contribution >= 0.6 is 0 Å². The van der Waals surface area contributed by atoms with E-state index in [1.807, 2.05) is 34.6 Å². The average molecular weight is 435 g/mol. The predicted molar refractivity (Wildman–Crippen MR) is 130 cm³/mol. The zero-order valence-electron chi connectivity index (χ0n) is 19.9. The summed E-state index contributed by atoms with van der Waals surface area (Å²) in [5, 5.41) is 0. The van der Waals surface area contributed by atoms with Gasteiger partial charge in [-0.1, -0.05) is 72.4 Å². The molecular formula is C27H37F3O. The molecule has 0 aromatic carbocycles. The Kier molecular flexibility index (Phi) is 15.1. The smallest absolute Gasteiger partial charge is 0.166 e. The lowest BCUT2D eigenvalue weighted by atomic mass is 9.99. The largest absolute Gasteiger partial charge is 0.378 e. The van der Waals surface area contributed by atoms with Gasteiger partial charge in [-0.05, 0) is 54.7 Å². The fraction of sp³-hybridized carbons (Fsp3) is 0.333. The second-order valence-electron chi connectivity index (χ2n) is 7.10. The summed E-state index contributed by atoms with van der Waals surface area (Å²) in [5.74, 6) is -2.93. The summed E-state index contributed by atoms with van der Waals surface area (Å²) in [5.41, 5.74) is 0.850. The van der Waals surface area contributed by atoms with Crippen LogP contribution in [0.2, 0.25) is 0 Å². The highest BCUT2D eigenvalue weighted by Crippen LogP contribution is 2.27. The Bertz CT molecular complexity index is 804. The van der Waals surface area contributed by atoms with Crippen molar-refractivity contribution in [2.24, 2.45) is 5.92 Å². The highest BCUT2D eigenvalue weighted by molar-refractivity contribution is 5.53. The zero-order chi connectivity index (χ0) is 24.9. The van der Waals surface area contributed by atoms with Crippen LogP contribution in [0.4, 0.5) is 13.2 Å². The lowest BCUT2D eigenvalue weighted by Crippen LogP contribution is -2.13. The van der Waals surface area contributed by atoms with E-state index < -0.39 is 17.5 Å². The SMILES string of the molecule is C=C(/C=C\C(=C)C(=C)/C(F)=C(/F)C(=C)C)C(=C)/C=C(/F)C(=C)C(C)COC(C)C.CC. The molecule has 0 aliphatic rings. The Balaban J connectivity index is 0. The molecule has 0 radical (unpaired) electrons. The van der Waals surface area contributed by atoms with Crippen molar-refractivity contribution in [3.05, 3.63) is 109 Å². The van der Waals surface area contributed by atoms with Gasteiger partial charge in [-0.3, -0.25) is 0 Å². The molecule has 0 aliphatic carbocycles. The Morgan fingerprint density at radius 1 is 0.806 bits per heavy atom. The average Bonchev–Trinajstić information content (AvgIpc) is 2.74. The number of halogens is 3. The molecule has 0 N–H and O–H groups in total. The Hall–Kier alpha value is -2.59. The van der Waals surface area contributed by atoms with Gasteiger partial charge in [-0.2, -0.15) is 0 Å². The second kappa shape index (κ2) is 15.2. The van der Waals surface area contributed by atoms with Crippen LogP contribution < -0.4 is 0 Å². The van der Waals surface area contributed by atoms with Crippen molar-refractivity contribution in [3.63, 3.8) is 0 Å². The molecule has 1 unspecified atom stereocenters. The van der Waals surface area contributed by atoms with Crippen LogP contribution in [0.15, 0.2) is 109 Å². The molecule has 0 aliphatic heterocycles. The third kappa shape index (κ3) is 11.4. The molecule has 4 heteroatoms. The van der Waals surface area contributed by atoms with Gasteiger partial charge in [0, 0.05) is 11.5 Å². The van der Waals surface area contributed by atoms with E-state index in [4.69, 9.17) is 4.74 Å². The minimum absolute atomic E-state index is 0.0450. The zero-order valence-corrected chi connectivity index (χ0v) is 19.9. The summed E-state index contributed by atoms with van der Waals surface area (Å²) < 4.78 is 47.5. The third-order valence-electron chi connectivity index (χ3n) is 4.00. The fourth-order valence-corrected chi connectivity index (χ4v) is 1.88. The van der Waals surface area contributed by atoms with Crippen molar-refractivity contribution in [2.45, 2.75) is 47.6 Å². The molecule has 1 atom stereocenters. The van der Waals surface area contributed by atoms with Gasteiger partial charge in [0.15, 0.2) is 11.7 Å². The Morgan fingerprint density at radius 2 is 1.29 bits per heavy atom. The first-order chi connectivity index (χ1) is 14.3. The van der Waals surface area contributed by atoms with Crippen LogP contribution in [-0.4, -0.2) is 12.7 Å². The van der Waals surface area contributed by atoms with E-state index in [0.717, 1.165) is 0 Å². The maximum Gasteiger partial charge on any atom is 0.166 e. The molecule has 0 saturated heterocycles. The van der Waals surface area contributed by atoms with Gasteiger partial charge in [0.05, 0.1) is 12.7 Å². The summed E-state index contributed by atoms with van der Waals surface area (Å²) in [7, 11) is 0. The maximum absolute atomic E-state index is 14.4. The van der Waals surface area contributed by atoms with E-state index >= 15 is 0 Å². The first-order valence-corrected chi connectivity index (χ1v) is 10.1. The molecule has 0 spiro atoms. The molecule has 0 fully saturated rings. The van der Waals surface area contributed by atoms with E-state index in [2.05, 4.69) is 39.5 Å². The summed E-state index contributed by atoms with van der Waals surface area (Å²) in [6.45, 7) is 33.1. The van der Waals surface area contributed by atoms with Gasteiger partial charge in [0.25, 0.3) is 0 Å². The van der Waals surface area contributed by atoms with Crippen LogP contribution in [0.25, 0.3) is 0 Å². The number of rotatable bonds is 12. The highest BCUT2D eigenvalue weighted by Gasteiger charge is 2.14. The third-order valence-corrected chi connectivity index (χ3v) is 4.00. The van der Waals surface area contributed by atoms with Crippen molar-refractivity contribution in [3.8, 4) is 0 Å². The lowest BCUT2D eigenvalue weighted by Gasteiger charge is -2.16. The fourth-order valence-electron chi connectivity index (χ4n) is 1.88. The van der Waals surface area contributed by atoms with Crippen LogP contribution in [0, 0.1) is 5.92 Å². The summed E-state index contributed by atoms with van der Waals surface area (Å²) >= 11 is 0. The predicted octanol–water partition coefficient (Wildman–Crippen LogP) is 8.99. The van der Waals surface area contributed by atoms with Crippen molar-refractivity contribution in [1.82, 2.24) is 0 Å². The molecule has 0 aromatic rings. The van der Waals surface area contributed by atoms with Crippen molar-refractivity contribution in [1.29, 1.82) is 0 Å². The maximum atomic E-state index is 14.4. The van der Waals surface area contributed by atoms with Crippen molar-refractivity contribution >= 4 is 0 Å². The van der Waals surface area contributed by atoms with E-state index in [9.17, 15) is 13.2 Å². The van der Waals surface area contributed by atoms with Crippen LogP contribution in [-0.2, 0) is 4.74 Å². The number of ether oxygens (including phenoxy) is 1. The summed E-state index contributed by atoms with van der Waals surface area (Å²) in [4.78, 5) is 0. The Morgan fingerprint density at radius 3 is 1.74 bits per heavy atom. The van der Waals surface area contributed by atoms with Gasteiger partial charge < -0.3 is 4.74 Å². The highest BCUT2D eigenvalue weighted by atomic mass is 19.2. The van der Waals surface area contributed by atoms with Gasteiger partial charge >= 0.3 is 0 Å². The summed E-state index contributed by atoms with van der Waals surface area (Å²) in [6.07, 6.45) is 4.14. The summed E-state index contributed by atoms with van der Waals surface area (Å²) in [6, 6.07) is 0. The van der Waals surface area contributed by atoms with Crippen molar-refractivity contribution < 1.29 is 17.9 Å². The standard InChI is InChI=1S/C25H31F3O.C2H6/c1-15(2)24(27)25(28)22(10)18(6)12-11-17(5)19(7)13-23(26)21(9)20(8)14-29-16(3)4;1-2/h11-13,16,20H,1,5-7,9-10,14H2,2-4,8H3;1-2H3/b12-11-,23-13+,25-24-;. The van der Waals surface area contributed by atoms with E-state index in [1.165, 1.54) is 25.2 Å². The van der Waals surface area contributed by atoms with Crippen LogP contribution in [0.5, 0.6) is 0 Å². The van der Waals surface area contributed by atoms with Crippen LogP contribution in [0.3, 0.4) is 0 Å². The van der Waals surface area contributed by atoms with E-state index in [-0.39, 0.29) is 28.7 Å². The van der Waals surface area contributed by atoms with E-state index in [1.54, 1.807) is 0 Å². The second-order valence-corrected chi connectivity index (χ2v) is 7.10. The molecule has 0 aromatic heterocycles. The molecule has 0 heterocycles. The first-order valence-electron chi connectivity index (χ1n) is 10.1. The molecule has 0 amide bonds. The van der Waals surface area contributed by atoms with Gasteiger partial charge in [0.1, 0.15) is 5.83 Å². The topological polar surface area (TPSA) is 9.23 Å². The van der Waals surface area contributed by atoms with Gasteiger partial charge in [0.2, 0.25) is 0 Å². The van der Waals surface area contributed by atoms with E-state index in [0.29, 0.717) is 23.3 Å². The molecular weight excluding hydrogens is 397 g/mol. The number of hydrogen-bond acceptors (Lipinski definition) is 1. The molecule has 0 rings (SSSR count). The Labute approximate surface area is 187 Å².